The number of rotatable bonds is 6. The lowest BCUT2D eigenvalue weighted by Crippen LogP contribution is -1.99. The quantitative estimate of drug-likeness (QED) is 0.270. The minimum atomic E-state index is 1.21. The molecule has 0 aromatic heterocycles. The molecule has 0 unspecified atom stereocenters. The van der Waals surface area contributed by atoms with E-state index >= 15 is 0 Å². The normalized spacial score (nSPS) is 11.7. The van der Waals surface area contributed by atoms with E-state index in [1.807, 2.05) is 0 Å². The minimum Gasteiger partial charge on any atom is -0.0622 e. The molecule has 4 aromatic carbocycles. The van der Waals surface area contributed by atoms with Gasteiger partial charge >= 0.3 is 0 Å². The molecule has 0 saturated heterocycles. The van der Waals surface area contributed by atoms with E-state index in [2.05, 4.69) is 148 Å². The Balaban J connectivity index is 1.83. The van der Waals surface area contributed by atoms with Crippen molar-refractivity contribution < 1.29 is 0 Å². The van der Waals surface area contributed by atoms with Gasteiger partial charge in [-0.2, -0.15) is 0 Å². The zero-order valence-corrected chi connectivity index (χ0v) is 19.6. The predicted molar refractivity (Wildman–Crippen MR) is 147 cm³/mol. The highest BCUT2D eigenvalue weighted by Crippen LogP contribution is 2.31. The van der Waals surface area contributed by atoms with Crippen LogP contribution in [0.4, 0.5) is 0 Å². The highest BCUT2D eigenvalue weighted by molar-refractivity contribution is 5.85. The van der Waals surface area contributed by atoms with Crippen molar-refractivity contribution in [1.29, 1.82) is 0 Å². The zero-order chi connectivity index (χ0) is 23.0. The van der Waals surface area contributed by atoms with Crippen LogP contribution < -0.4 is 0 Å². The lowest BCUT2D eigenvalue weighted by Gasteiger charge is -2.18. The Hall–Kier alpha value is -3.90. The van der Waals surface area contributed by atoms with Crippen molar-refractivity contribution in [2.45, 2.75) is 20.8 Å². The number of hydrogen-bond donors (Lipinski definition) is 0. The van der Waals surface area contributed by atoms with E-state index in [4.69, 9.17) is 0 Å². The molecule has 0 N–H and O–H groups in total. The molecule has 4 aromatic rings. The molecule has 0 aliphatic carbocycles. The van der Waals surface area contributed by atoms with Crippen LogP contribution in [-0.2, 0) is 0 Å². The third kappa shape index (κ3) is 5.48. The second kappa shape index (κ2) is 10.6. The maximum absolute atomic E-state index is 2.26. The molecule has 33 heavy (non-hydrogen) atoms. The standard InChI is InChI=1S/C33H30/c1-25-31(22-19-28-13-7-4-8-14-28)26(2)33(24-21-30-17-11-6-12-18-30)27(3)32(25)23-20-29-15-9-5-10-16-29/h4-24H,1-3H3/b22-19+,23-20+,24-21+. The molecule has 0 amide bonds. The van der Waals surface area contributed by atoms with E-state index in [0.29, 0.717) is 0 Å². The molecule has 0 heterocycles. The Labute approximate surface area is 198 Å². The van der Waals surface area contributed by atoms with Crippen LogP contribution in [0.15, 0.2) is 91.0 Å². The largest absolute Gasteiger partial charge is 0.0622 e. The summed E-state index contributed by atoms with van der Waals surface area (Å²) in [4.78, 5) is 0. The van der Waals surface area contributed by atoms with Crippen molar-refractivity contribution in [3.05, 3.63) is 141 Å². The van der Waals surface area contributed by atoms with Gasteiger partial charge in [0.1, 0.15) is 0 Å². The maximum atomic E-state index is 2.26. The lowest BCUT2D eigenvalue weighted by molar-refractivity contribution is 1.27. The molecule has 0 saturated carbocycles. The topological polar surface area (TPSA) is 0 Å². The SMILES string of the molecule is Cc1c(/C=C/c2ccccc2)c(C)c(/C=C/c2ccccc2)c(C)c1/C=C/c1ccccc1. The van der Waals surface area contributed by atoms with Crippen LogP contribution in [0, 0.1) is 20.8 Å². The molecule has 0 fully saturated rings. The molecule has 0 radical (unpaired) electrons. The molecular formula is C33H30. The van der Waals surface area contributed by atoms with Gasteiger partial charge in [-0.15, -0.1) is 0 Å². The maximum Gasteiger partial charge on any atom is -0.0186 e. The summed E-state index contributed by atoms with van der Waals surface area (Å²) >= 11 is 0. The molecule has 0 heteroatoms. The van der Waals surface area contributed by atoms with E-state index in [-0.39, 0.29) is 0 Å². The smallest absolute Gasteiger partial charge is 0.0186 e. The molecule has 4 rings (SSSR count). The van der Waals surface area contributed by atoms with E-state index < -0.39 is 0 Å². The Kier molecular flexibility index (Phi) is 7.17. The van der Waals surface area contributed by atoms with Crippen molar-refractivity contribution in [2.75, 3.05) is 0 Å². The van der Waals surface area contributed by atoms with E-state index in [0.717, 1.165) is 0 Å². The van der Waals surface area contributed by atoms with Crippen LogP contribution in [0.5, 0.6) is 0 Å². The van der Waals surface area contributed by atoms with Gasteiger partial charge in [-0.05, 0) is 70.8 Å². The average Bonchev–Trinajstić information content (AvgIpc) is 2.86. The fourth-order valence-corrected chi connectivity index (χ4v) is 4.26. The van der Waals surface area contributed by atoms with Gasteiger partial charge in [0.05, 0.1) is 0 Å². The van der Waals surface area contributed by atoms with Crippen LogP contribution in [0.25, 0.3) is 36.5 Å². The van der Waals surface area contributed by atoms with Crippen LogP contribution in [0.1, 0.15) is 50.1 Å². The molecule has 0 bridgehead atoms. The fourth-order valence-electron chi connectivity index (χ4n) is 4.26. The van der Waals surface area contributed by atoms with Crippen molar-refractivity contribution in [3.63, 3.8) is 0 Å². The Bertz CT molecular complexity index is 1100. The van der Waals surface area contributed by atoms with Gasteiger partial charge in [-0.25, -0.2) is 0 Å². The Morgan fingerprint density at radius 3 is 0.818 bits per heavy atom. The van der Waals surface area contributed by atoms with Crippen molar-refractivity contribution in [3.8, 4) is 0 Å². The van der Waals surface area contributed by atoms with Crippen LogP contribution >= 0.6 is 0 Å². The van der Waals surface area contributed by atoms with Gasteiger partial charge in [0.2, 0.25) is 0 Å². The zero-order valence-electron chi connectivity index (χ0n) is 19.6. The molecule has 0 spiro atoms. The number of hydrogen-bond acceptors (Lipinski definition) is 0. The second-order valence-corrected chi connectivity index (χ2v) is 8.35. The van der Waals surface area contributed by atoms with E-state index in [1.54, 1.807) is 0 Å². The molecule has 0 nitrogen and oxygen atoms in total. The summed E-state index contributed by atoms with van der Waals surface area (Å²) in [5.74, 6) is 0. The van der Waals surface area contributed by atoms with Gasteiger partial charge in [-0.3, -0.25) is 0 Å². The first-order valence-corrected chi connectivity index (χ1v) is 11.5. The lowest BCUT2D eigenvalue weighted by atomic mass is 9.87. The fraction of sp³-hybridized carbons (Fsp3) is 0.0909. The van der Waals surface area contributed by atoms with Gasteiger partial charge in [0, 0.05) is 0 Å². The molecule has 0 aliphatic heterocycles. The van der Waals surface area contributed by atoms with Gasteiger partial charge in [-0.1, -0.05) is 127 Å². The summed E-state index contributed by atoms with van der Waals surface area (Å²) in [7, 11) is 0. The second-order valence-electron chi connectivity index (χ2n) is 8.35. The van der Waals surface area contributed by atoms with Crippen LogP contribution in [0.3, 0.4) is 0 Å². The van der Waals surface area contributed by atoms with Crippen LogP contribution in [0.2, 0.25) is 0 Å². The van der Waals surface area contributed by atoms with Gasteiger partial charge in [0.25, 0.3) is 0 Å². The first kappa shape index (κ1) is 22.3. The van der Waals surface area contributed by atoms with Crippen molar-refractivity contribution >= 4 is 36.5 Å². The Morgan fingerprint density at radius 2 is 0.576 bits per heavy atom. The first-order chi connectivity index (χ1) is 16.1. The minimum absolute atomic E-state index is 1.21. The van der Waals surface area contributed by atoms with Crippen molar-refractivity contribution in [2.24, 2.45) is 0 Å². The van der Waals surface area contributed by atoms with Crippen molar-refractivity contribution in [1.82, 2.24) is 0 Å². The summed E-state index contributed by atoms with van der Waals surface area (Å²) in [6, 6.07) is 31.5. The highest BCUT2D eigenvalue weighted by atomic mass is 14.2. The summed E-state index contributed by atoms with van der Waals surface area (Å²) in [5, 5.41) is 0. The number of benzene rings is 4. The summed E-state index contributed by atoms with van der Waals surface area (Å²) in [6.07, 6.45) is 13.4. The Morgan fingerprint density at radius 1 is 0.333 bits per heavy atom. The summed E-state index contributed by atoms with van der Waals surface area (Å²) in [6.45, 7) is 6.71. The summed E-state index contributed by atoms with van der Waals surface area (Å²) in [5.41, 5.74) is 11.4. The highest BCUT2D eigenvalue weighted by Gasteiger charge is 2.13. The molecule has 0 atom stereocenters. The molecule has 162 valence electrons. The predicted octanol–water partition coefficient (Wildman–Crippen LogP) is 9.12. The first-order valence-electron chi connectivity index (χ1n) is 11.5. The molecule has 0 aliphatic rings. The summed E-state index contributed by atoms with van der Waals surface area (Å²) < 4.78 is 0. The average molecular weight is 427 g/mol. The molecular weight excluding hydrogens is 396 g/mol. The van der Waals surface area contributed by atoms with E-state index in [1.165, 1.54) is 50.1 Å². The third-order valence-corrected chi connectivity index (χ3v) is 6.15. The van der Waals surface area contributed by atoms with Crippen LogP contribution in [-0.4, -0.2) is 0 Å². The van der Waals surface area contributed by atoms with Gasteiger partial charge in [0.15, 0.2) is 0 Å². The third-order valence-electron chi connectivity index (χ3n) is 6.15. The van der Waals surface area contributed by atoms with Gasteiger partial charge < -0.3 is 0 Å². The van der Waals surface area contributed by atoms with E-state index in [9.17, 15) is 0 Å². The monoisotopic (exact) mass is 426 g/mol.